The molecule has 6 nitrogen and oxygen atoms in total. The second kappa shape index (κ2) is 10.9. The van der Waals surface area contributed by atoms with Gasteiger partial charge < -0.3 is 9.47 Å². The van der Waals surface area contributed by atoms with Crippen LogP contribution >= 0.6 is 23.1 Å². The molecule has 0 bridgehead atoms. The predicted octanol–water partition coefficient (Wildman–Crippen LogP) is 5.59. The van der Waals surface area contributed by atoms with Crippen LogP contribution in [-0.4, -0.2) is 35.3 Å². The first-order valence-electron chi connectivity index (χ1n) is 10.5. The van der Waals surface area contributed by atoms with Crippen molar-refractivity contribution in [2.45, 2.75) is 37.4 Å². The van der Waals surface area contributed by atoms with Gasteiger partial charge in [0, 0.05) is 29.6 Å². The van der Waals surface area contributed by atoms with Crippen molar-refractivity contribution in [3.05, 3.63) is 71.0 Å². The third-order valence-corrected chi connectivity index (χ3v) is 7.13. The number of anilines is 2. The van der Waals surface area contributed by atoms with Crippen molar-refractivity contribution in [1.29, 1.82) is 0 Å². The van der Waals surface area contributed by atoms with Crippen molar-refractivity contribution in [2.24, 2.45) is 0 Å². The zero-order valence-electron chi connectivity index (χ0n) is 18.0. The number of nitrogens with zero attached hydrogens (tertiary/aromatic N) is 2. The molecule has 2 heterocycles. The highest BCUT2D eigenvalue weighted by Gasteiger charge is 2.22. The fraction of sp³-hybridized carbons (Fsp3) is 0.292. The molecular formula is C24H23FN2O4S2. The first-order chi connectivity index (χ1) is 16.0. The van der Waals surface area contributed by atoms with E-state index in [0.29, 0.717) is 16.4 Å². The molecule has 0 spiro atoms. The molecule has 1 fully saturated rings. The highest BCUT2D eigenvalue weighted by atomic mass is 32.2. The molecule has 0 saturated carbocycles. The first kappa shape index (κ1) is 23.4. The van der Waals surface area contributed by atoms with Gasteiger partial charge in [-0.25, -0.2) is 14.2 Å². The number of halogens is 1. The van der Waals surface area contributed by atoms with Crippen LogP contribution in [0, 0.1) is 5.82 Å². The van der Waals surface area contributed by atoms with Crippen LogP contribution < -0.4 is 4.90 Å². The SMILES string of the molecule is CC(=O)N(c1nc(COC(=O)c2ccccc2SCC2CCCO2)cs1)c1ccccc1F. The van der Waals surface area contributed by atoms with Crippen LogP contribution in [0.3, 0.4) is 0 Å². The smallest absolute Gasteiger partial charge is 0.339 e. The largest absolute Gasteiger partial charge is 0.456 e. The van der Waals surface area contributed by atoms with Gasteiger partial charge in [-0.15, -0.1) is 23.1 Å². The summed E-state index contributed by atoms with van der Waals surface area (Å²) >= 11 is 2.77. The second-order valence-corrected chi connectivity index (χ2v) is 9.34. The highest BCUT2D eigenvalue weighted by molar-refractivity contribution is 7.99. The van der Waals surface area contributed by atoms with Gasteiger partial charge in [0.2, 0.25) is 5.91 Å². The Morgan fingerprint density at radius 3 is 2.79 bits per heavy atom. The Labute approximate surface area is 199 Å². The molecule has 172 valence electrons. The van der Waals surface area contributed by atoms with Crippen LogP contribution in [0.25, 0.3) is 0 Å². The quantitative estimate of drug-likeness (QED) is 0.305. The average molecular weight is 487 g/mol. The Morgan fingerprint density at radius 2 is 2.03 bits per heavy atom. The van der Waals surface area contributed by atoms with Crippen molar-refractivity contribution >= 4 is 45.8 Å². The maximum Gasteiger partial charge on any atom is 0.339 e. The molecule has 0 N–H and O–H groups in total. The van der Waals surface area contributed by atoms with Gasteiger partial charge in [-0.1, -0.05) is 24.3 Å². The highest BCUT2D eigenvalue weighted by Crippen LogP contribution is 2.31. The minimum atomic E-state index is -0.520. The number of thioether (sulfide) groups is 1. The maximum absolute atomic E-state index is 14.2. The molecule has 4 rings (SSSR count). The summed E-state index contributed by atoms with van der Waals surface area (Å²) in [5.41, 5.74) is 1.10. The summed E-state index contributed by atoms with van der Waals surface area (Å²) in [4.78, 5) is 31.4. The van der Waals surface area contributed by atoms with E-state index in [0.717, 1.165) is 30.1 Å². The molecule has 1 saturated heterocycles. The molecule has 33 heavy (non-hydrogen) atoms. The lowest BCUT2D eigenvalue weighted by atomic mass is 10.2. The molecule has 1 aliphatic heterocycles. The number of amides is 1. The minimum Gasteiger partial charge on any atom is -0.456 e. The van der Waals surface area contributed by atoms with Crippen LogP contribution in [-0.2, 0) is 20.9 Å². The number of carbonyl (C=O) groups is 2. The lowest BCUT2D eigenvalue weighted by Crippen LogP contribution is -2.23. The molecule has 1 unspecified atom stereocenters. The van der Waals surface area contributed by atoms with E-state index in [1.54, 1.807) is 41.4 Å². The lowest BCUT2D eigenvalue weighted by Gasteiger charge is -2.18. The summed E-state index contributed by atoms with van der Waals surface area (Å²) in [6.45, 7) is 2.09. The Kier molecular flexibility index (Phi) is 7.74. The summed E-state index contributed by atoms with van der Waals surface area (Å²) in [5, 5.41) is 2.00. The summed E-state index contributed by atoms with van der Waals surface area (Å²) in [6.07, 6.45) is 2.32. The molecule has 0 aliphatic carbocycles. The lowest BCUT2D eigenvalue weighted by molar-refractivity contribution is -0.115. The number of hydrogen-bond acceptors (Lipinski definition) is 7. The topological polar surface area (TPSA) is 68.7 Å². The molecule has 2 aromatic carbocycles. The van der Waals surface area contributed by atoms with Crippen LogP contribution in [0.5, 0.6) is 0 Å². The van der Waals surface area contributed by atoms with Crippen molar-refractivity contribution < 1.29 is 23.5 Å². The van der Waals surface area contributed by atoms with E-state index in [9.17, 15) is 14.0 Å². The number of thiazole rings is 1. The second-order valence-electron chi connectivity index (χ2n) is 7.45. The summed E-state index contributed by atoms with van der Waals surface area (Å²) < 4.78 is 25.4. The molecule has 1 aliphatic rings. The molecule has 9 heteroatoms. The number of ether oxygens (including phenoxy) is 2. The van der Waals surface area contributed by atoms with Crippen molar-refractivity contribution in [3.63, 3.8) is 0 Å². The van der Waals surface area contributed by atoms with Crippen LogP contribution in [0.1, 0.15) is 35.8 Å². The predicted molar refractivity (Wildman–Crippen MR) is 127 cm³/mol. The van der Waals surface area contributed by atoms with Gasteiger partial charge in [0.05, 0.1) is 23.0 Å². The van der Waals surface area contributed by atoms with E-state index >= 15 is 0 Å². The number of hydrogen-bond donors (Lipinski definition) is 0. The van der Waals surface area contributed by atoms with Crippen LogP contribution in [0.15, 0.2) is 58.8 Å². The molecular weight excluding hydrogens is 463 g/mol. The number of para-hydroxylation sites is 1. The van der Waals surface area contributed by atoms with Crippen molar-refractivity contribution in [1.82, 2.24) is 4.98 Å². The van der Waals surface area contributed by atoms with Crippen LogP contribution in [0.4, 0.5) is 15.2 Å². The Morgan fingerprint density at radius 1 is 1.24 bits per heavy atom. The minimum absolute atomic E-state index is 0.0525. The Hall–Kier alpha value is -2.75. The Balaban J connectivity index is 1.42. The number of benzene rings is 2. The van der Waals surface area contributed by atoms with E-state index in [-0.39, 0.29) is 24.3 Å². The van der Waals surface area contributed by atoms with Gasteiger partial charge in [-0.05, 0) is 37.1 Å². The number of rotatable bonds is 8. The fourth-order valence-corrected chi connectivity index (χ4v) is 5.42. The normalized spacial score (nSPS) is 15.4. The van der Waals surface area contributed by atoms with Gasteiger partial charge in [-0.3, -0.25) is 9.69 Å². The molecule has 1 atom stereocenters. The molecule has 0 radical (unpaired) electrons. The number of carbonyl (C=O) groups excluding carboxylic acids is 2. The van der Waals surface area contributed by atoms with Gasteiger partial charge in [0.1, 0.15) is 12.4 Å². The van der Waals surface area contributed by atoms with Crippen molar-refractivity contribution in [2.75, 3.05) is 17.3 Å². The average Bonchev–Trinajstić information content (AvgIpc) is 3.50. The van der Waals surface area contributed by atoms with Gasteiger partial charge in [-0.2, -0.15) is 0 Å². The third-order valence-electron chi connectivity index (χ3n) is 5.05. The third kappa shape index (κ3) is 5.79. The van der Waals surface area contributed by atoms with Gasteiger partial charge in [0.15, 0.2) is 5.13 Å². The number of esters is 1. The van der Waals surface area contributed by atoms with Gasteiger partial charge in [0.25, 0.3) is 0 Å². The van der Waals surface area contributed by atoms with E-state index in [1.807, 2.05) is 12.1 Å². The monoisotopic (exact) mass is 486 g/mol. The first-order valence-corrected chi connectivity index (χ1v) is 12.4. The maximum atomic E-state index is 14.2. The fourth-order valence-electron chi connectivity index (χ4n) is 3.44. The van der Waals surface area contributed by atoms with E-state index in [1.165, 1.54) is 35.3 Å². The van der Waals surface area contributed by atoms with E-state index in [2.05, 4.69) is 4.98 Å². The number of aromatic nitrogens is 1. The van der Waals surface area contributed by atoms with Crippen molar-refractivity contribution in [3.8, 4) is 0 Å². The molecule has 1 aromatic heterocycles. The van der Waals surface area contributed by atoms with E-state index in [4.69, 9.17) is 9.47 Å². The molecule has 3 aromatic rings. The van der Waals surface area contributed by atoms with E-state index < -0.39 is 11.8 Å². The summed E-state index contributed by atoms with van der Waals surface area (Å²) in [5.74, 6) is -0.544. The summed E-state index contributed by atoms with van der Waals surface area (Å²) in [6, 6.07) is 13.3. The zero-order valence-corrected chi connectivity index (χ0v) is 19.7. The zero-order chi connectivity index (χ0) is 23.2. The summed E-state index contributed by atoms with van der Waals surface area (Å²) in [7, 11) is 0. The van der Waals surface area contributed by atoms with Crippen LogP contribution in [0.2, 0.25) is 0 Å². The van der Waals surface area contributed by atoms with Gasteiger partial charge >= 0.3 is 5.97 Å². The standard InChI is InChI=1S/C24H23FN2O4S2/c1-16(28)27(21-10-4-3-9-20(21)25)24-26-17(14-33-24)13-31-23(29)19-8-2-5-11-22(19)32-15-18-7-6-12-30-18/h2-5,8-11,14,18H,6-7,12-13,15H2,1H3. The Bertz CT molecular complexity index is 1130. The molecule has 1 amide bonds.